The summed E-state index contributed by atoms with van der Waals surface area (Å²) in [4.78, 5) is 12.4. The SMILES string of the molecule is CCNC(=NCc1ccc(OCC(F)(F)F)cc1)NCCc1nc2ccccc2[nH]1.I. The second-order valence-electron chi connectivity index (χ2n) is 6.62. The Bertz CT molecular complexity index is 940. The average molecular weight is 547 g/mol. The van der Waals surface area contributed by atoms with E-state index < -0.39 is 12.8 Å². The van der Waals surface area contributed by atoms with Crippen LogP contribution >= 0.6 is 24.0 Å². The van der Waals surface area contributed by atoms with E-state index in [0.29, 0.717) is 32.0 Å². The molecule has 0 spiro atoms. The van der Waals surface area contributed by atoms with E-state index in [1.807, 2.05) is 31.2 Å². The molecule has 31 heavy (non-hydrogen) atoms. The first-order chi connectivity index (χ1) is 14.4. The zero-order valence-corrected chi connectivity index (χ0v) is 19.3. The molecule has 10 heteroatoms. The monoisotopic (exact) mass is 547 g/mol. The van der Waals surface area contributed by atoms with Crippen molar-refractivity contribution in [1.29, 1.82) is 0 Å². The van der Waals surface area contributed by atoms with Gasteiger partial charge in [-0.2, -0.15) is 13.2 Å². The lowest BCUT2D eigenvalue weighted by Crippen LogP contribution is -2.38. The van der Waals surface area contributed by atoms with Gasteiger partial charge in [-0.3, -0.25) is 0 Å². The highest BCUT2D eigenvalue weighted by atomic mass is 127. The maximum Gasteiger partial charge on any atom is 0.422 e. The molecule has 3 aromatic rings. The van der Waals surface area contributed by atoms with Crippen LogP contribution in [0.15, 0.2) is 53.5 Å². The van der Waals surface area contributed by atoms with Gasteiger partial charge in [0.05, 0.1) is 17.6 Å². The number of nitrogens with zero attached hydrogens (tertiary/aromatic N) is 2. The van der Waals surface area contributed by atoms with E-state index in [4.69, 9.17) is 4.74 Å². The number of guanidine groups is 1. The number of aromatic nitrogens is 2. The van der Waals surface area contributed by atoms with Gasteiger partial charge in [-0.1, -0.05) is 24.3 Å². The quantitative estimate of drug-likeness (QED) is 0.222. The van der Waals surface area contributed by atoms with Crippen molar-refractivity contribution in [2.75, 3.05) is 19.7 Å². The Hall–Kier alpha value is -2.50. The molecule has 168 valence electrons. The van der Waals surface area contributed by atoms with E-state index in [9.17, 15) is 13.2 Å². The Balaban J connectivity index is 0.00000341. The highest BCUT2D eigenvalue weighted by Crippen LogP contribution is 2.19. The molecular weight excluding hydrogens is 522 g/mol. The van der Waals surface area contributed by atoms with Crippen molar-refractivity contribution in [2.24, 2.45) is 4.99 Å². The summed E-state index contributed by atoms with van der Waals surface area (Å²) in [7, 11) is 0. The van der Waals surface area contributed by atoms with Gasteiger partial charge in [-0.25, -0.2) is 9.98 Å². The van der Waals surface area contributed by atoms with Gasteiger partial charge < -0.3 is 20.4 Å². The summed E-state index contributed by atoms with van der Waals surface area (Å²) in [5.74, 6) is 1.73. The Morgan fingerprint density at radius 1 is 1.10 bits per heavy atom. The van der Waals surface area contributed by atoms with E-state index in [2.05, 4.69) is 25.6 Å². The molecule has 0 bridgehead atoms. The van der Waals surface area contributed by atoms with Crippen LogP contribution in [0.4, 0.5) is 13.2 Å². The van der Waals surface area contributed by atoms with Gasteiger partial charge in [-0.15, -0.1) is 24.0 Å². The molecule has 1 heterocycles. The summed E-state index contributed by atoms with van der Waals surface area (Å²) >= 11 is 0. The van der Waals surface area contributed by atoms with E-state index in [1.165, 1.54) is 12.1 Å². The van der Waals surface area contributed by atoms with E-state index in [1.54, 1.807) is 12.1 Å². The summed E-state index contributed by atoms with van der Waals surface area (Å²) in [5.41, 5.74) is 2.82. The minimum Gasteiger partial charge on any atom is -0.484 e. The molecule has 1 aromatic heterocycles. The molecule has 0 aliphatic heterocycles. The number of hydrogen-bond donors (Lipinski definition) is 3. The molecule has 0 saturated heterocycles. The minimum absolute atomic E-state index is 0. The molecule has 2 aromatic carbocycles. The molecule has 0 aliphatic rings. The van der Waals surface area contributed by atoms with Gasteiger partial charge in [0, 0.05) is 19.5 Å². The predicted octanol–water partition coefficient (Wildman–Crippen LogP) is 4.42. The van der Waals surface area contributed by atoms with Crippen LogP contribution < -0.4 is 15.4 Å². The Morgan fingerprint density at radius 2 is 1.84 bits per heavy atom. The maximum absolute atomic E-state index is 12.2. The number of ether oxygens (including phenoxy) is 1. The number of benzene rings is 2. The first-order valence-electron chi connectivity index (χ1n) is 9.67. The van der Waals surface area contributed by atoms with E-state index in [-0.39, 0.29) is 29.7 Å². The summed E-state index contributed by atoms with van der Waals surface area (Å²) < 4.78 is 41.3. The number of fused-ring (bicyclic) bond motifs is 1. The summed E-state index contributed by atoms with van der Waals surface area (Å²) in [6.07, 6.45) is -3.64. The topological polar surface area (TPSA) is 74.3 Å². The number of hydrogen-bond acceptors (Lipinski definition) is 3. The number of H-pyrrole nitrogens is 1. The zero-order valence-electron chi connectivity index (χ0n) is 17.0. The lowest BCUT2D eigenvalue weighted by molar-refractivity contribution is -0.153. The van der Waals surface area contributed by atoms with Gasteiger partial charge in [0.25, 0.3) is 0 Å². The van der Waals surface area contributed by atoms with Crippen LogP contribution in [0, 0.1) is 0 Å². The first kappa shape index (κ1) is 24.8. The van der Waals surface area contributed by atoms with Crippen molar-refractivity contribution in [2.45, 2.75) is 26.1 Å². The van der Waals surface area contributed by atoms with E-state index >= 15 is 0 Å². The smallest absolute Gasteiger partial charge is 0.422 e. The third-order valence-electron chi connectivity index (χ3n) is 4.18. The number of halogens is 4. The fourth-order valence-electron chi connectivity index (χ4n) is 2.79. The Labute approximate surface area is 195 Å². The third kappa shape index (κ3) is 8.27. The molecule has 0 amide bonds. The second-order valence-corrected chi connectivity index (χ2v) is 6.62. The third-order valence-corrected chi connectivity index (χ3v) is 4.18. The van der Waals surface area contributed by atoms with Gasteiger partial charge in [-0.05, 0) is 36.8 Å². The number of aromatic amines is 1. The fourth-order valence-corrected chi connectivity index (χ4v) is 2.79. The number of nitrogens with one attached hydrogen (secondary N) is 3. The summed E-state index contributed by atoms with van der Waals surface area (Å²) in [5, 5.41) is 6.43. The van der Waals surface area contributed by atoms with Crippen LogP contribution in [0.3, 0.4) is 0 Å². The van der Waals surface area contributed by atoms with Crippen molar-refractivity contribution in [3.63, 3.8) is 0 Å². The van der Waals surface area contributed by atoms with Crippen LogP contribution in [-0.2, 0) is 13.0 Å². The van der Waals surface area contributed by atoms with Crippen molar-refractivity contribution in [1.82, 2.24) is 20.6 Å². The Kier molecular flexibility index (Phi) is 9.41. The number of rotatable bonds is 8. The molecule has 0 unspecified atom stereocenters. The molecule has 0 atom stereocenters. The average Bonchev–Trinajstić information content (AvgIpc) is 3.13. The van der Waals surface area contributed by atoms with Crippen LogP contribution in [0.1, 0.15) is 18.3 Å². The van der Waals surface area contributed by atoms with Gasteiger partial charge in [0.2, 0.25) is 0 Å². The number of alkyl halides is 3. The lowest BCUT2D eigenvalue weighted by Gasteiger charge is -2.11. The van der Waals surface area contributed by atoms with Gasteiger partial charge in [0.1, 0.15) is 11.6 Å². The lowest BCUT2D eigenvalue weighted by atomic mass is 10.2. The van der Waals surface area contributed by atoms with Gasteiger partial charge in [0.15, 0.2) is 12.6 Å². The highest BCUT2D eigenvalue weighted by Gasteiger charge is 2.28. The molecule has 0 saturated carbocycles. The van der Waals surface area contributed by atoms with Crippen LogP contribution in [-0.4, -0.2) is 41.8 Å². The first-order valence-corrected chi connectivity index (χ1v) is 9.67. The molecule has 0 aliphatic carbocycles. The summed E-state index contributed by atoms with van der Waals surface area (Å²) in [6, 6.07) is 14.3. The Morgan fingerprint density at radius 3 is 2.52 bits per heavy atom. The molecular formula is C21H25F3IN5O. The van der Waals surface area contributed by atoms with Crippen molar-refractivity contribution < 1.29 is 17.9 Å². The van der Waals surface area contributed by atoms with Crippen molar-refractivity contribution in [3.8, 4) is 5.75 Å². The molecule has 6 nitrogen and oxygen atoms in total. The fraction of sp³-hybridized carbons (Fsp3) is 0.333. The van der Waals surface area contributed by atoms with Crippen molar-refractivity contribution >= 4 is 41.0 Å². The minimum atomic E-state index is -4.35. The zero-order chi connectivity index (χ0) is 21.4. The molecule has 3 N–H and O–H groups in total. The van der Waals surface area contributed by atoms with Crippen LogP contribution in [0.25, 0.3) is 11.0 Å². The summed E-state index contributed by atoms with van der Waals surface area (Å²) in [6.45, 7) is 2.42. The van der Waals surface area contributed by atoms with Crippen LogP contribution in [0.5, 0.6) is 5.75 Å². The predicted molar refractivity (Wildman–Crippen MR) is 126 cm³/mol. The number of aliphatic imine (C=N–C) groups is 1. The second kappa shape index (κ2) is 11.8. The maximum atomic E-state index is 12.2. The normalized spacial score (nSPS) is 11.8. The largest absolute Gasteiger partial charge is 0.484 e. The number of imidazole rings is 1. The molecule has 0 fully saturated rings. The van der Waals surface area contributed by atoms with E-state index in [0.717, 1.165) is 22.4 Å². The molecule has 0 radical (unpaired) electrons. The molecule has 3 rings (SSSR count). The number of para-hydroxylation sites is 2. The standard InChI is InChI=1S/C21H24F3N5O.HI/c1-2-25-20(26-12-11-19-28-17-5-3-4-6-18(17)29-19)27-13-15-7-9-16(10-8-15)30-14-21(22,23)24;/h3-10H,2,11-14H2,1H3,(H,28,29)(H2,25,26,27);1H. The van der Waals surface area contributed by atoms with Crippen molar-refractivity contribution in [3.05, 3.63) is 59.9 Å². The van der Waals surface area contributed by atoms with Crippen LogP contribution in [0.2, 0.25) is 0 Å². The van der Waals surface area contributed by atoms with Gasteiger partial charge >= 0.3 is 6.18 Å². The highest BCUT2D eigenvalue weighted by molar-refractivity contribution is 14.0.